The summed E-state index contributed by atoms with van der Waals surface area (Å²) in [4.78, 5) is 6.34. The molecule has 1 aromatic carbocycles. The van der Waals surface area contributed by atoms with Gasteiger partial charge in [0.25, 0.3) is 0 Å². The van der Waals surface area contributed by atoms with Gasteiger partial charge in [-0.2, -0.15) is 5.26 Å². The molecule has 2 aromatic rings. The van der Waals surface area contributed by atoms with Crippen LogP contribution in [0, 0.1) is 11.3 Å². The zero-order valence-corrected chi connectivity index (χ0v) is 12.3. The molecule has 100 valence electrons. The van der Waals surface area contributed by atoms with Gasteiger partial charge in [0.1, 0.15) is 11.1 Å². The van der Waals surface area contributed by atoms with Crippen molar-refractivity contribution in [3.8, 4) is 6.07 Å². The molecule has 0 bridgehead atoms. The molecule has 1 heterocycles. The number of aliphatic imine (C=N–C) groups is 1. The van der Waals surface area contributed by atoms with E-state index in [1.165, 1.54) is 17.0 Å². The fourth-order valence-corrected chi connectivity index (χ4v) is 2.33. The molecule has 20 heavy (non-hydrogen) atoms. The van der Waals surface area contributed by atoms with Gasteiger partial charge in [-0.1, -0.05) is 18.2 Å². The van der Waals surface area contributed by atoms with Crippen molar-refractivity contribution < 1.29 is 0 Å². The van der Waals surface area contributed by atoms with Crippen molar-refractivity contribution in [3.63, 3.8) is 0 Å². The maximum Gasteiger partial charge on any atom is 0.133 e. The molecule has 0 unspecified atom stereocenters. The average molecular weight is 281 g/mol. The van der Waals surface area contributed by atoms with E-state index < -0.39 is 0 Å². The SMILES string of the molecule is CN(C)c1ccc(C=CC=Nc2sccc2C#N)cc1. The highest BCUT2D eigenvalue weighted by Crippen LogP contribution is 2.25. The van der Waals surface area contributed by atoms with Crippen molar-refractivity contribution in [2.45, 2.75) is 0 Å². The number of benzene rings is 1. The first-order valence-corrected chi connectivity index (χ1v) is 7.04. The molecule has 0 spiro atoms. The van der Waals surface area contributed by atoms with Crippen LogP contribution in [0.1, 0.15) is 11.1 Å². The highest BCUT2D eigenvalue weighted by molar-refractivity contribution is 7.14. The fourth-order valence-electron chi connectivity index (χ4n) is 1.63. The lowest BCUT2D eigenvalue weighted by atomic mass is 10.2. The van der Waals surface area contributed by atoms with Gasteiger partial charge in [-0.3, -0.25) is 0 Å². The number of thiophene rings is 1. The molecule has 0 N–H and O–H groups in total. The van der Waals surface area contributed by atoms with Gasteiger partial charge in [0, 0.05) is 26.0 Å². The van der Waals surface area contributed by atoms with E-state index in [-0.39, 0.29) is 0 Å². The molecular formula is C16H15N3S. The minimum absolute atomic E-state index is 0.620. The second-order valence-electron chi connectivity index (χ2n) is 4.37. The highest BCUT2D eigenvalue weighted by atomic mass is 32.1. The number of hydrogen-bond donors (Lipinski definition) is 0. The van der Waals surface area contributed by atoms with Crippen molar-refractivity contribution in [2.75, 3.05) is 19.0 Å². The molecule has 0 aliphatic carbocycles. The van der Waals surface area contributed by atoms with E-state index in [0.29, 0.717) is 5.56 Å². The quantitative estimate of drug-likeness (QED) is 0.791. The third-order valence-electron chi connectivity index (χ3n) is 2.74. The second-order valence-corrected chi connectivity index (χ2v) is 5.27. The van der Waals surface area contributed by atoms with Gasteiger partial charge in [-0.25, -0.2) is 4.99 Å². The average Bonchev–Trinajstić information content (AvgIpc) is 2.91. The molecule has 0 atom stereocenters. The van der Waals surface area contributed by atoms with Crippen LogP contribution in [0.5, 0.6) is 0 Å². The van der Waals surface area contributed by atoms with Crippen LogP contribution in [0.15, 0.2) is 46.8 Å². The van der Waals surface area contributed by atoms with Crippen LogP contribution < -0.4 is 4.90 Å². The minimum atomic E-state index is 0.620. The first-order chi connectivity index (χ1) is 9.70. The number of anilines is 1. The van der Waals surface area contributed by atoms with Crippen LogP contribution >= 0.6 is 11.3 Å². The van der Waals surface area contributed by atoms with Gasteiger partial charge >= 0.3 is 0 Å². The maximum absolute atomic E-state index is 8.87. The summed E-state index contributed by atoms with van der Waals surface area (Å²) in [6.07, 6.45) is 5.58. The monoisotopic (exact) mass is 281 g/mol. The summed E-state index contributed by atoms with van der Waals surface area (Å²) in [5.41, 5.74) is 2.91. The van der Waals surface area contributed by atoms with Crippen molar-refractivity contribution in [1.82, 2.24) is 0 Å². The van der Waals surface area contributed by atoms with Gasteiger partial charge in [-0.05, 0) is 35.2 Å². The van der Waals surface area contributed by atoms with E-state index in [1.54, 1.807) is 12.3 Å². The Kier molecular flexibility index (Phi) is 4.70. The molecule has 1 aromatic heterocycles. The molecular weight excluding hydrogens is 266 g/mol. The van der Waals surface area contributed by atoms with E-state index in [2.05, 4.69) is 40.2 Å². The lowest BCUT2D eigenvalue weighted by Gasteiger charge is -2.11. The van der Waals surface area contributed by atoms with Crippen LogP contribution in [0.25, 0.3) is 6.08 Å². The lowest BCUT2D eigenvalue weighted by Crippen LogP contribution is -2.07. The van der Waals surface area contributed by atoms with Crippen molar-refractivity contribution in [1.29, 1.82) is 5.26 Å². The normalized spacial score (nSPS) is 11.1. The molecule has 0 aliphatic rings. The lowest BCUT2D eigenvalue weighted by molar-refractivity contribution is 1.13. The Morgan fingerprint density at radius 3 is 2.60 bits per heavy atom. The Labute approximate surface area is 123 Å². The molecule has 2 rings (SSSR count). The van der Waals surface area contributed by atoms with E-state index in [1.807, 2.05) is 31.6 Å². The van der Waals surface area contributed by atoms with Gasteiger partial charge in [-0.15, -0.1) is 11.3 Å². The molecule has 0 aliphatic heterocycles. The summed E-state index contributed by atoms with van der Waals surface area (Å²) in [5.74, 6) is 0. The smallest absolute Gasteiger partial charge is 0.133 e. The van der Waals surface area contributed by atoms with Gasteiger partial charge < -0.3 is 4.90 Å². The topological polar surface area (TPSA) is 39.4 Å². The van der Waals surface area contributed by atoms with Crippen LogP contribution in [0.3, 0.4) is 0 Å². The van der Waals surface area contributed by atoms with E-state index in [4.69, 9.17) is 5.26 Å². The highest BCUT2D eigenvalue weighted by Gasteiger charge is 1.98. The summed E-state index contributed by atoms with van der Waals surface area (Å²) < 4.78 is 0. The van der Waals surface area contributed by atoms with E-state index in [9.17, 15) is 0 Å². The molecule has 0 saturated heterocycles. The number of nitrogens with zero attached hydrogens (tertiary/aromatic N) is 3. The van der Waals surface area contributed by atoms with Crippen LogP contribution in [-0.4, -0.2) is 20.3 Å². The Bertz CT molecular complexity index is 658. The Morgan fingerprint density at radius 1 is 1.20 bits per heavy atom. The van der Waals surface area contributed by atoms with Crippen LogP contribution in [0.4, 0.5) is 10.7 Å². The second kappa shape index (κ2) is 6.69. The van der Waals surface area contributed by atoms with E-state index >= 15 is 0 Å². The van der Waals surface area contributed by atoms with E-state index in [0.717, 1.165) is 10.6 Å². The summed E-state index contributed by atoms with van der Waals surface area (Å²) in [6.45, 7) is 0. The first kappa shape index (κ1) is 14.0. The molecule has 4 heteroatoms. The standard InChI is InChI=1S/C16H15N3S/c1-19(2)15-7-5-13(6-8-15)4-3-10-18-16-14(12-17)9-11-20-16/h3-11H,1-2H3. The van der Waals surface area contributed by atoms with Gasteiger partial charge in [0.2, 0.25) is 0 Å². The summed E-state index contributed by atoms with van der Waals surface area (Å²) in [6, 6.07) is 12.2. The molecule has 3 nitrogen and oxygen atoms in total. The number of hydrogen-bond acceptors (Lipinski definition) is 4. The van der Waals surface area contributed by atoms with Crippen molar-refractivity contribution in [2.24, 2.45) is 4.99 Å². The van der Waals surface area contributed by atoms with Crippen molar-refractivity contribution >= 4 is 34.3 Å². The molecule has 0 fully saturated rings. The zero-order chi connectivity index (χ0) is 14.4. The Hall–Kier alpha value is -2.38. The minimum Gasteiger partial charge on any atom is -0.378 e. The number of allylic oxidation sites excluding steroid dienone is 1. The van der Waals surface area contributed by atoms with Crippen LogP contribution in [0.2, 0.25) is 0 Å². The van der Waals surface area contributed by atoms with Crippen molar-refractivity contribution in [3.05, 3.63) is 52.9 Å². The predicted molar refractivity (Wildman–Crippen MR) is 87.0 cm³/mol. The fraction of sp³-hybridized carbons (Fsp3) is 0.125. The zero-order valence-electron chi connectivity index (χ0n) is 11.4. The molecule has 0 amide bonds. The van der Waals surface area contributed by atoms with Crippen LogP contribution in [-0.2, 0) is 0 Å². The number of rotatable bonds is 4. The molecule has 0 saturated carbocycles. The Balaban J connectivity index is 2.02. The summed E-state index contributed by atoms with van der Waals surface area (Å²) in [5, 5.41) is 11.5. The third-order valence-corrected chi connectivity index (χ3v) is 3.56. The first-order valence-electron chi connectivity index (χ1n) is 6.16. The third kappa shape index (κ3) is 3.56. The Morgan fingerprint density at radius 2 is 1.95 bits per heavy atom. The maximum atomic E-state index is 8.87. The van der Waals surface area contributed by atoms with Gasteiger partial charge in [0.05, 0.1) is 5.56 Å². The number of nitriles is 1. The summed E-state index contributed by atoms with van der Waals surface area (Å²) in [7, 11) is 4.04. The molecule has 0 radical (unpaired) electrons. The van der Waals surface area contributed by atoms with Gasteiger partial charge in [0.15, 0.2) is 0 Å². The summed E-state index contributed by atoms with van der Waals surface area (Å²) >= 11 is 1.47. The predicted octanol–water partition coefficient (Wildman–Crippen LogP) is 4.10. The largest absolute Gasteiger partial charge is 0.378 e.